The van der Waals surface area contributed by atoms with Gasteiger partial charge in [0.25, 0.3) is 0 Å². The van der Waals surface area contributed by atoms with Crippen molar-refractivity contribution in [3.8, 4) is 0 Å². The zero-order valence-corrected chi connectivity index (χ0v) is 12.7. The Bertz CT molecular complexity index is 403. The van der Waals surface area contributed by atoms with Crippen molar-refractivity contribution < 1.29 is 0 Å². The van der Waals surface area contributed by atoms with Gasteiger partial charge in [0.15, 0.2) is 0 Å². The fraction of sp³-hybridized carbons (Fsp3) is 0.769. The molecule has 1 heterocycles. The number of nitrogens with zero attached hydrogens (tertiary/aromatic N) is 3. The van der Waals surface area contributed by atoms with E-state index in [2.05, 4.69) is 35.7 Å². The summed E-state index contributed by atoms with van der Waals surface area (Å²) < 4.78 is 2.05. The Kier molecular flexibility index (Phi) is 4.57. The largest absolute Gasteiger partial charge is 0.308 e. The molecular weight excluding hydrogens is 269 g/mol. The third-order valence-electron chi connectivity index (χ3n) is 3.90. The van der Waals surface area contributed by atoms with Gasteiger partial charge in [-0.05, 0) is 32.9 Å². The van der Waals surface area contributed by atoms with Gasteiger partial charge < -0.3 is 4.90 Å². The maximum atomic E-state index is 6.33. The predicted molar refractivity (Wildman–Crippen MR) is 76.6 cm³/mol. The molecule has 3 unspecified atom stereocenters. The van der Waals surface area contributed by atoms with E-state index in [9.17, 15) is 0 Å². The first-order valence-corrected chi connectivity index (χ1v) is 7.32. The van der Waals surface area contributed by atoms with Gasteiger partial charge in [0.2, 0.25) is 0 Å². The standard InChI is InChI=1S/C13H21Cl2N3/c1-9-10(4-5-11(9)14)13-12(15)8-16-18(13)7-6-17(2)3/h8-11H,4-7H2,1-3H3. The van der Waals surface area contributed by atoms with Gasteiger partial charge in [-0.3, -0.25) is 4.68 Å². The number of aromatic nitrogens is 2. The predicted octanol–water partition coefficient (Wildman–Crippen LogP) is 3.22. The van der Waals surface area contributed by atoms with Crippen LogP contribution in [0.4, 0.5) is 0 Å². The molecule has 102 valence electrons. The highest BCUT2D eigenvalue weighted by Crippen LogP contribution is 2.44. The quantitative estimate of drug-likeness (QED) is 0.794. The SMILES string of the molecule is CC1C(Cl)CCC1c1c(Cl)cnn1CCN(C)C. The van der Waals surface area contributed by atoms with E-state index in [1.807, 2.05) is 0 Å². The molecule has 0 aliphatic heterocycles. The van der Waals surface area contributed by atoms with Crippen LogP contribution < -0.4 is 0 Å². The van der Waals surface area contributed by atoms with E-state index in [1.54, 1.807) is 6.20 Å². The van der Waals surface area contributed by atoms with E-state index in [4.69, 9.17) is 23.2 Å². The Morgan fingerprint density at radius 3 is 2.72 bits per heavy atom. The van der Waals surface area contributed by atoms with Gasteiger partial charge in [-0.2, -0.15) is 5.10 Å². The summed E-state index contributed by atoms with van der Waals surface area (Å²) in [6.45, 7) is 4.07. The lowest BCUT2D eigenvalue weighted by Gasteiger charge is -2.20. The molecule has 18 heavy (non-hydrogen) atoms. The monoisotopic (exact) mass is 289 g/mol. The molecule has 0 N–H and O–H groups in total. The van der Waals surface area contributed by atoms with Crippen molar-refractivity contribution in [1.82, 2.24) is 14.7 Å². The van der Waals surface area contributed by atoms with Crippen LogP contribution in [0, 0.1) is 5.92 Å². The van der Waals surface area contributed by atoms with Gasteiger partial charge in [0.05, 0.1) is 23.5 Å². The number of rotatable bonds is 4. The molecule has 0 radical (unpaired) electrons. The maximum Gasteiger partial charge on any atom is 0.0820 e. The van der Waals surface area contributed by atoms with E-state index >= 15 is 0 Å². The average Bonchev–Trinajstić information content (AvgIpc) is 2.82. The fourth-order valence-corrected chi connectivity index (χ4v) is 3.30. The molecule has 0 amide bonds. The van der Waals surface area contributed by atoms with Crippen molar-refractivity contribution >= 4 is 23.2 Å². The molecule has 1 fully saturated rings. The molecule has 3 atom stereocenters. The lowest BCUT2D eigenvalue weighted by atomic mass is 9.94. The van der Waals surface area contributed by atoms with Crippen molar-refractivity contribution in [2.75, 3.05) is 20.6 Å². The van der Waals surface area contributed by atoms with E-state index < -0.39 is 0 Å². The number of likely N-dealkylation sites (N-methyl/N-ethyl adjacent to an activating group) is 1. The van der Waals surface area contributed by atoms with Crippen LogP contribution in [-0.4, -0.2) is 40.7 Å². The van der Waals surface area contributed by atoms with Gasteiger partial charge in [0, 0.05) is 17.8 Å². The van der Waals surface area contributed by atoms with Crippen LogP contribution in [0.3, 0.4) is 0 Å². The number of hydrogen-bond acceptors (Lipinski definition) is 2. The summed E-state index contributed by atoms with van der Waals surface area (Å²) >= 11 is 12.6. The van der Waals surface area contributed by atoms with Crippen molar-refractivity contribution in [3.05, 3.63) is 16.9 Å². The molecule has 0 spiro atoms. The summed E-state index contributed by atoms with van der Waals surface area (Å²) in [7, 11) is 4.13. The molecule has 0 bridgehead atoms. The van der Waals surface area contributed by atoms with Crippen LogP contribution in [-0.2, 0) is 6.54 Å². The van der Waals surface area contributed by atoms with Gasteiger partial charge in [-0.15, -0.1) is 11.6 Å². The lowest BCUT2D eigenvalue weighted by Crippen LogP contribution is -2.22. The zero-order chi connectivity index (χ0) is 13.3. The summed E-state index contributed by atoms with van der Waals surface area (Å²) in [5.74, 6) is 0.920. The first-order valence-electron chi connectivity index (χ1n) is 6.50. The third-order valence-corrected chi connectivity index (χ3v) is 4.81. The number of halogens is 2. The van der Waals surface area contributed by atoms with Gasteiger partial charge >= 0.3 is 0 Å². The van der Waals surface area contributed by atoms with Gasteiger partial charge in [-0.1, -0.05) is 18.5 Å². The van der Waals surface area contributed by atoms with Gasteiger partial charge in [0.1, 0.15) is 0 Å². The Morgan fingerprint density at radius 2 is 2.17 bits per heavy atom. The smallest absolute Gasteiger partial charge is 0.0820 e. The number of alkyl halides is 1. The molecule has 1 aromatic rings. The minimum Gasteiger partial charge on any atom is -0.308 e. The first-order chi connectivity index (χ1) is 8.50. The first kappa shape index (κ1) is 14.2. The van der Waals surface area contributed by atoms with Crippen LogP contribution in [0.2, 0.25) is 5.02 Å². The highest BCUT2D eigenvalue weighted by atomic mass is 35.5. The normalized spacial score (nSPS) is 28.2. The topological polar surface area (TPSA) is 21.1 Å². The van der Waals surface area contributed by atoms with E-state index in [0.717, 1.165) is 31.0 Å². The fourth-order valence-electron chi connectivity index (χ4n) is 2.72. The van der Waals surface area contributed by atoms with Crippen molar-refractivity contribution in [2.24, 2.45) is 5.92 Å². The average molecular weight is 290 g/mol. The second-order valence-electron chi connectivity index (χ2n) is 5.46. The van der Waals surface area contributed by atoms with Crippen LogP contribution in [0.1, 0.15) is 31.4 Å². The summed E-state index contributed by atoms with van der Waals surface area (Å²) in [5, 5.41) is 5.46. The van der Waals surface area contributed by atoms with E-state index in [-0.39, 0.29) is 5.38 Å². The minimum absolute atomic E-state index is 0.267. The van der Waals surface area contributed by atoms with Crippen molar-refractivity contribution in [2.45, 2.75) is 37.6 Å². The zero-order valence-electron chi connectivity index (χ0n) is 11.2. The Morgan fingerprint density at radius 1 is 1.44 bits per heavy atom. The number of hydrogen-bond donors (Lipinski definition) is 0. The van der Waals surface area contributed by atoms with Crippen molar-refractivity contribution in [3.63, 3.8) is 0 Å². The molecule has 2 rings (SSSR count). The maximum absolute atomic E-state index is 6.33. The highest BCUT2D eigenvalue weighted by molar-refractivity contribution is 6.31. The third kappa shape index (κ3) is 2.84. The van der Waals surface area contributed by atoms with Gasteiger partial charge in [-0.25, -0.2) is 0 Å². The Hall–Kier alpha value is -0.250. The molecule has 1 aliphatic carbocycles. The summed E-state index contributed by atoms with van der Waals surface area (Å²) in [4.78, 5) is 2.15. The van der Waals surface area contributed by atoms with E-state index in [0.29, 0.717) is 11.8 Å². The molecule has 1 aliphatic rings. The molecule has 5 heteroatoms. The summed E-state index contributed by atoms with van der Waals surface area (Å²) in [6, 6.07) is 0. The Balaban J connectivity index is 2.18. The summed E-state index contributed by atoms with van der Waals surface area (Å²) in [6.07, 6.45) is 3.95. The molecule has 0 aromatic carbocycles. The molecule has 1 saturated carbocycles. The van der Waals surface area contributed by atoms with Crippen molar-refractivity contribution in [1.29, 1.82) is 0 Å². The van der Waals surface area contributed by atoms with Crippen LogP contribution in [0.5, 0.6) is 0 Å². The summed E-state index contributed by atoms with van der Waals surface area (Å²) in [5.41, 5.74) is 1.18. The lowest BCUT2D eigenvalue weighted by molar-refractivity contribution is 0.362. The molecular formula is C13H21Cl2N3. The minimum atomic E-state index is 0.267. The van der Waals surface area contributed by atoms with Crippen LogP contribution in [0.25, 0.3) is 0 Å². The second-order valence-corrected chi connectivity index (χ2v) is 6.43. The van der Waals surface area contributed by atoms with E-state index in [1.165, 1.54) is 5.69 Å². The molecule has 1 aromatic heterocycles. The highest BCUT2D eigenvalue weighted by Gasteiger charge is 2.35. The molecule has 3 nitrogen and oxygen atoms in total. The second kappa shape index (κ2) is 5.81. The van der Waals surface area contributed by atoms with Crippen LogP contribution in [0.15, 0.2) is 6.20 Å². The van der Waals surface area contributed by atoms with Crippen LogP contribution >= 0.6 is 23.2 Å². The molecule has 0 saturated heterocycles. The Labute approximate surface area is 119 Å².